The van der Waals surface area contributed by atoms with Crippen molar-refractivity contribution in [2.45, 2.75) is 39.5 Å². The van der Waals surface area contributed by atoms with Crippen LogP contribution in [0.3, 0.4) is 0 Å². The third-order valence-corrected chi connectivity index (χ3v) is 7.55. The smallest absolute Gasteiger partial charge is 0.316 e. The van der Waals surface area contributed by atoms with Crippen LogP contribution < -0.4 is 31.2 Å². The Morgan fingerprint density at radius 2 is 1.72 bits per heavy atom. The van der Waals surface area contributed by atoms with E-state index in [0.29, 0.717) is 23.7 Å². The Morgan fingerprint density at radius 1 is 0.957 bits per heavy atom. The third kappa shape index (κ3) is 8.69. The zero-order chi connectivity index (χ0) is 32.5. The van der Waals surface area contributed by atoms with Crippen LogP contribution in [0.5, 0.6) is 17.4 Å². The fourth-order valence-corrected chi connectivity index (χ4v) is 5.22. The number of aryl methyl sites for hydroxylation is 2. The molecule has 12 heteroatoms. The molecule has 5 N–H and O–H groups in total. The number of amides is 3. The Kier molecular flexibility index (Phi) is 10.6. The normalized spacial score (nSPS) is 13.1. The van der Waals surface area contributed by atoms with Crippen molar-refractivity contribution >= 4 is 34.9 Å². The van der Waals surface area contributed by atoms with Crippen LogP contribution in [0.15, 0.2) is 66.9 Å². The summed E-state index contributed by atoms with van der Waals surface area (Å²) in [6.07, 6.45) is 5.89. The van der Waals surface area contributed by atoms with Crippen LogP contribution in [0.25, 0.3) is 0 Å². The quantitative estimate of drug-likeness (QED) is 0.126. The van der Waals surface area contributed by atoms with E-state index >= 15 is 0 Å². The average molecular weight is 628 g/mol. The number of anilines is 4. The van der Waals surface area contributed by atoms with Crippen molar-refractivity contribution in [3.05, 3.63) is 89.4 Å². The molecule has 1 saturated heterocycles. The molecule has 0 bridgehead atoms. The summed E-state index contributed by atoms with van der Waals surface area (Å²) in [6, 6.07) is 15.9. The van der Waals surface area contributed by atoms with Gasteiger partial charge in [-0.25, -0.2) is 14.2 Å². The minimum atomic E-state index is -0.736. The number of primary amides is 1. The van der Waals surface area contributed by atoms with Gasteiger partial charge in [-0.2, -0.15) is 4.98 Å². The van der Waals surface area contributed by atoms with Crippen LogP contribution in [0, 0.1) is 19.7 Å². The molecule has 2 heterocycles. The highest BCUT2D eigenvalue weighted by Gasteiger charge is 2.20. The van der Waals surface area contributed by atoms with Crippen molar-refractivity contribution in [2.75, 3.05) is 42.2 Å². The number of nitrogens with zero attached hydrogens (tertiary/aromatic N) is 3. The molecule has 1 aromatic heterocycles. The van der Waals surface area contributed by atoms with Gasteiger partial charge in [0.25, 0.3) is 5.91 Å². The van der Waals surface area contributed by atoms with E-state index in [1.807, 2.05) is 32.0 Å². The lowest BCUT2D eigenvalue weighted by Crippen LogP contribution is -2.31. The summed E-state index contributed by atoms with van der Waals surface area (Å²) in [5, 5.41) is 8.38. The number of nitrogens with one attached hydrogen (secondary N) is 3. The summed E-state index contributed by atoms with van der Waals surface area (Å²) in [5.74, 6) is -0.561. The predicted molar refractivity (Wildman–Crippen MR) is 176 cm³/mol. The number of rotatable bonds is 12. The second-order valence-corrected chi connectivity index (χ2v) is 11.1. The second kappa shape index (κ2) is 15.2. The van der Waals surface area contributed by atoms with E-state index in [-0.39, 0.29) is 28.9 Å². The van der Waals surface area contributed by atoms with E-state index in [1.54, 1.807) is 30.3 Å². The standard InChI is InChI=1S/C34H38FN7O4/c1-22-9-6-10-23(2)30(22)40-31(43)27-21-37-34(41-32(27)46-26-12-7-11-24(19-26)38-33(36)44)39-25-13-14-29(28(35)20-25)45-18-8-17-42-15-4-3-5-16-42/h6-7,9-14,19-21H,3-5,8,15-18H2,1-2H3,(H,40,43)(H3,36,38,44)(H,37,39,41). The maximum atomic E-state index is 14.9. The maximum absolute atomic E-state index is 14.9. The number of urea groups is 1. The highest BCUT2D eigenvalue weighted by Crippen LogP contribution is 2.30. The van der Waals surface area contributed by atoms with Gasteiger partial charge in [0, 0.05) is 41.9 Å². The molecule has 3 amide bonds. The number of piperidine rings is 1. The SMILES string of the molecule is Cc1cccc(C)c1NC(=O)c1cnc(Nc2ccc(OCCCN3CCCCC3)c(F)c2)nc1Oc1cccc(NC(N)=O)c1. The molecule has 3 aromatic carbocycles. The topological polar surface area (TPSA) is 144 Å². The van der Waals surface area contributed by atoms with Gasteiger partial charge in [0.1, 0.15) is 11.3 Å². The number of nitrogens with two attached hydrogens (primary N) is 1. The zero-order valence-corrected chi connectivity index (χ0v) is 25.9. The monoisotopic (exact) mass is 627 g/mol. The van der Waals surface area contributed by atoms with E-state index in [4.69, 9.17) is 15.2 Å². The van der Waals surface area contributed by atoms with Crippen molar-refractivity contribution in [1.29, 1.82) is 0 Å². The minimum Gasteiger partial charge on any atom is -0.490 e. The number of carbonyl (C=O) groups is 2. The van der Waals surface area contributed by atoms with E-state index in [9.17, 15) is 14.0 Å². The highest BCUT2D eigenvalue weighted by molar-refractivity contribution is 6.06. The second-order valence-electron chi connectivity index (χ2n) is 11.1. The molecule has 240 valence electrons. The van der Waals surface area contributed by atoms with Crippen molar-refractivity contribution in [1.82, 2.24) is 14.9 Å². The van der Waals surface area contributed by atoms with Crippen LogP contribution in [0.1, 0.15) is 47.2 Å². The van der Waals surface area contributed by atoms with Gasteiger partial charge in [-0.3, -0.25) is 4.79 Å². The van der Waals surface area contributed by atoms with Crippen LogP contribution in [-0.4, -0.2) is 53.0 Å². The van der Waals surface area contributed by atoms with Crippen LogP contribution in [-0.2, 0) is 0 Å². The highest BCUT2D eigenvalue weighted by atomic mass is 19.1. The van der Waals surface area contributed by atoms with Crippen molar-refractivity contribution in [3.63, 3.8) is 0 Å². The van der Waals surface area contributed by atoms with E-state index < -0.39 is 17.8 Å². The molecule has 0 aliphatic carbocycles. The number of para-hydroxylation sites is 1. The molecule has 0 saturated carbocycles. The van der Waals surface area contributed by atoms with Gasteiger partial charge >= 0.3 is 6.03 Å². The minimum absolute atomic E-state index is 0.0564. The Labute approximate surface area is 267 Å². The van der Waals surface area contributed by atoms with Gasteiger partial charge in [-0.15, -0.1) is 0 Å². The molecule has 1 aliphatic rings. The van der Waals surface area contributed by atoms with Gasteiger partial charge in [0.2, 0.25) is 11.8 Å². The number of halogens is 1. The fourth-order valence-electron chi connectivity index (χ4n) is 5.22. The first kappa shape index (κ1) is 32.2. The van der Waals surface area contributed by atoms with Crippen molar-refractivity contribution < 1.29 is 23.5 Å². The number of hydrogen-bond acceptors (Lipinski definition) is 8. The third-order valence-electron chi connectivity index (χ3n) is 7.55. The summed E-state index contributed by atoms with van der Waals surface area (Å²) in [6.45, 7) is 7.37. The van der Waals surface area contributed by atoms with Gasteiger partial charge < -0.3 is 36.1 Å². The summed E-state index contributed by atoms with van der Waals surface area (Å²) in [7, 11) is 0. The largest absolute Gasteiger partial charge is 0.490 e. The van der Waals surface area contributed by atoms with Gasteiger partial charge in [0.05, 0.1) is 6.61 Å². The molecular weight excluding hydrogens is 589 g/mol. The van der Waals surface area contributed by atoms with Crippen LogP contribution in [0.2, 0.25) is 0 Å². The summed E-state index contributed by atoms with van der Waals surface area (Å²) >= 11 is 0. The average Bonchev–Trinajstić information content (AvgIpc) is 3.02. The molecule has 5 rings (SSSR count). The van der Waals surface area contributed by atoms with Gasteiger partial charge in [-0.05, 0) is 81.6 Å². The Morgan fingerprint density at radius 3 is 2.46 bits per heavy atom. The molecule has 0 radical (unpaired) electrons. The van der Waals surface area contributed by atoms with Crippen LogP contribution >= 0.6 is 0 Å². The predicted octanol–water partition coefficient (Wildman–Crippen LogP) is 6.77. The Balaban J connectivity index is 1.32. The number of likely N-dealkylation sites (tertiary alicyclic amines) is 1. The molecule has 0 atom stereocenters. The first-order valence-electron chi connectivity index (χ1n) is 15.3. The molecule has 46 heavy (non-hydrogen) atoms. The Hall–Kier alpha value is -5.23. The number of aromatic nitrogens is 2. The molecule has 4 aromatic rings. The maximum Gasteiger partial charge on any atom is 0.316 e. The molecule has 11 nitrogen and oxygen atoms in total. The number of benzene rings is 3. The Bertz CT molecular complexity index is 1670. The zero-order valence-electron chi connectivity index (χ0n) is 25.9. The molecule has 0 spiro atoms. The lowest BCUT2D eigenvalue weighted by molar-refractivity contribution is 0.102. The van der Waals surface area contributed by atoms with E-state index in [2.05, 4.69) is 30.8 Å². The lowest BCUT2D eigenvalue weighted by Gasteiger charge is -2.26. The first-order chi connectivity index (χ1) is 22.2. The summed E-state index contributed by atoms with van der Waals surface area (Å²) in [4.78, 5) is 36.0. The van der Waals surface area contributed by atoms with Crippen LogP contribution in [0.4, 0.5) is 32.2 Å². The molecular formula is C34H38FN7O4. The van der Waals surface area contributed by atoms with Crippen molar-refractivity contribution in [2.24, 2.45) is 5.73 Å². The van der Waals surface area contributed by atoms with E-state index in [1.165, 1.54) is 37.6 Å². The lowest BCUT2D eigenvalue weighted by atomic mass is 10.1. The van der Waals surface area contributed by atoms with Crippen molar-refractivity contribution in [3.8, 4) is 17.4 Å². The van der Waals surface area contributed by atoms with E-state index in [0.717, 1.165) is 37.2 Å². The van der Waals surface area contributed by atoms with Gasteiger partial charge in [0.15, 0.2) is 11.6 Å². The summed E-state index contributed by atoms with van der Waals surface area (Å²) < 4.78 is 26.7. The fraction of sp³-hybridized carbons (Fsp3) is 0.294. The summed E-state index contributed by atoms with van der Waals surface area (Å²) in [5.41, 5.74) is 8.51. The number of carbonyl (C=O) groups excluding carboxylic acids is 2. The molecule has 1 fully saturated rings. The van der Waals surface area contributed by atoms with Gasteiger partial charge in [-0.1, -0.05) is 30.7 Å². The molecule has 0 unspecified atom stereocenters. The first-order valence-corrected chi connectivity index (χ1v) is 15.3. The molecule has 1 aliphatic heterocycles. The number of hydrogen-bond donors (Lipinski definition) is 4. The number of ether oxygens (including phenoxy) is 2.